The summed E-state index contributed by atoms with van der Waals surface area (Å²) in [7, 11) is 2.11. The molecule has 1 aliphatic heterocycles. The molecule has 36 heavy (non-hydrogen) atoms. The van der Waals surface area contributed by atoms with Crippen molar-refractivity contribution in [1.29, 1.82) is 0 Å². The summed E-state index contributed by atoms with van der Waals surface area (Å²) in [6.07, 6.45) is 5.32. The number of hydrogen-bond donors (Lipinski definition) is 2. The molecule has 0 spiro atoms. The third kappa shape index (κ3) is 4.92. The Morgan fingerprint density at radius 2 is 2.00 bits per heavy atom. The molecule has 1 saturated heterocycles. The van der Waals surface area contributed by atoms with E-state index in [1.165, 1.54) is 0 Å². The molecule has 4 aromatic rings. The predicted octanol–water partition coefficient (Wildman–Crippen LogP) is 2.31. The van der Waals surface area contributed by atoms with Gasteiger partial charge in [-0.3, -0.25) is 9.48 Å². The quantitative estimate of drug-likeness (QED) is 0.395. The minimum Gasteiger partial charge on any atom is -0.394 e. The average Bonchev–Trinajstić information content (AvgIpc) is 3.50. The van der Waals surface area contributed by atoms with Crippen LogP contribution in [0.3, 0.4) is 0 Å². The number of anilines is 1. The molecule has 1 aromatic carbocycles. The van der Waals surface area contributed by atoms with Crippen LogP contribution in [0.5, 0.6) is 0 Å². The SMILES string of the molecule is C[C@@H]1CN(C)CCN1c1cc(C(=O)NCc2ccc(Cl)cc2)nc2c(-c3cnn(CCO)c3)cnn12. The highest BCUT2D eigenvalue weighted by Gasteiger charge is 2.26. The number of likely N-dealkylation sites (N-methyl/N-ethyl adjacent to an activating group) is 1. The Labute approximate surface area is 214 Å². The second-order valence-corrected chi connectivity index (χ2v) is 9.56. The maximum atomic E-state index is 13.3. The van der Waals surface area contributed by atoms with E-state index in [1.807, 2.05) is 24.4 Å². The van der Waals surface area contributed by atoms with E-state index < -0.39 is 0 Å². The lowest BCUT2D eigenvalue weighted by Crippen LogP contribution is -2.51. The van der Waals surface area contributed by atoms with Crippen molar-refractivity contribution >= 4 is 29.0 Å². The van der Waals surface area contributed by atoms with Gasteiger partial charge in [0, 0.05) is 60.6 Å². The molecule has 11 heteroatoms. The first kappa shape index (κ1) is 24.2. The molecule has 3 aromatic heterocycles. The number of hydrogen-bond acceptors (Lipinski definition) is 7. The Balaban J connectivity index is 1.53. The van der Waals surface area contributed by atoms with Gasteiger partial charge in [-0.05, 0) is 31.7 Å². The van der Waals surface area contributed by atoms with E-state index in [-0.39, 0.29) is 18.6 Å². The largest absolute Gasteiger partial charge is 0.394 e. The zero-order valence-corrected chi connectivity index (χ0v) is 21.1. The lowest BCUT2D eigenvalue weighted by Gasteiger charge is -2.39. The van der Waals surface area contributed by atoms with Gasteiger partial charge in [-0.25, -0.2) is 4.98 Å². The predicted molar refractivity (Wildman–Crippen MR) is 138 cm³/mol. The van der Waals surface area contributed by atoms with E-state index >= 15 is 0 Å². The number of nitrogens with zero attached hydrogens (tertiary/aromatic N) is 7. The van der Waals surface area contributed by atoms with Crippen LogP contribution >= 0.6 is 11.6 Å². The van der Waals surface area contributed by atoms with Crippen LogP contribution in [0.1, 0.15) is 23.0 Å². The Bertz CT molecular complexity index is 1370. The minimum absolute atomic E-state index is 0.00247. The molecule has 0 unspecified atom stereocenters. The monoisotopic (exact) mass is 508 g/mol. The van der Waals surface area contributed by atoms with E-state index in [9.17, 15) is 9.90 Å². The molecule has 0 aliphatic carbocycles. The molecule has 188 valence electrons. The van der Waals surface area contributed by atoms with Crippen LogP contribution in [0.2, 0.25) is 5.02 Å². The second kappa shape index (κ2) is 10.3. The first-order valence-corrected chi connectivity index (χ1v) is 12.3. The fraction of sp³-hybridized carbons (Fsp3) is 0.360. The number of aromatic nitrogens is 5. The van der Waals surface area contributed by atoms with Gasteiger partial charge in [0.25, 0.3) is 5.91 Å². The van der Waals surface area contributed by atoms with Crippen LogP contribution < -0.4 is 10.2 Å². The highest BCUT2D eigenvalue weighted by atomic mass is 35.5. The Hall–Kier alpha value is -3.47. The Morgan fingerprint density at radius 1 is 1.19 bits per heavy atom. The summed E-state index contributed by atoms with van der Waals surface area (Å²) < 4.78 is 3.47. The van der Waals surface area contributed by atoms with E-state index in [0.717, 1.165) is 42.1 Å². The Morgan fingerprint density at radius 3 is 2.75 bits per heavy atom. The van der Waals surface area contributed by atoms with Crippen molar-refractivity contribution in [1.82, 2.24) is 34.6 Å². The maximum Gasteiger partial charge on any atom is 0.270 e. The fourth-order valence-electron chi connectivity index (χ4n) is 4.55. The number of fused-ring (bicyclic) bond motifs is 1. The number of nitrogens with one attached hydrogen (secondary N) is 1. The smallest absolute Gasteiger partial charge is 0.270 e. The van der Waals surface area contributed by atoms with Crippen molar-refractivity contribution < 1.29 is 9.90 Å². The number of benzene rings is 1. The van der Waals surface area contributed by atoms with Gasteiger partial charge >= 0.3 is 0 Å². The molecule has 10 nitrogen and oxygen atoms in total. The van der Waals surface area contributed by atoms with Crippen LogP contribution in [-0.4, -0.2) is 79.6 Å². The average molecular weight is 509 g/mol. The summed E-state index contributed by atoms with van der Waals surface area (Å²) >= 11 is 5.98. The third-order valence-electron chi connectivity index (χ3n) is 6.45. The topological polar surface area (TPSA) is 104 Å². The van der Waals surface area contributed by atoms with Crippen molar-refractivity contribution in [2.75, 3.05) is 38.2 Å². The third-order valence-corrected chi connectivity index (χ3v) is 6.70. The number of aliphatic hydroxyl groups excluding tert-OH is 1. The molecule has 0 saturated carbocycles. The summed E-state index contributed by atoms with van der Waals surface area (Å²) in [6.45, 7) is 5.56. The standard InChI is InChI=1S/C25H29ClN8O2/c1-17-15-31(2)7-8-33(17)23-11-22(25(36)27-12-18-3-5-20(26)6-4-18)30-24-21(14-29-34(23)24)19-13-28-32(16-19)9-10-35/h3-6,11,13-14,16-17,35H,7-10,12,15H2,1-2H3,(H,27,36)/t17-/m1/s1. The van der Waals surface area contributed by atoms with Crippen LogP contribution in [0.4, 0.5) is 5.82 Å². The lowest BCUT2D eigenvalue weighted by molar-refractivity contribution is 0.0946. The number of rotatable bonds is 7. The van der Waals surface area contributed by atoms with E-state index in [0.29, 0.717) is 29.5 Å². The molecule has 5 rings (SSSR count). The minimum atomic E-state index is -0.265. The summed E-state index contributed by atoms with van der Waals surface area (Å²) in [6, 6.07) is 9.42. The van der Waals surface area contributed by atoms with Crippen molar-refractivity contribution in [2.24, 2.45) is 0 Å². The molecule has 1 atom stereocenters. The second-order valence-electron chi connectivity index (χ2n) is 9.12. The van der Waals surface area contributed by atoms with Gasteiger partial charge in [-0.1, -0.05) is 23.7 Å². The summed E-state index contributed by atoms with van der Waals surface area (Å²) in [5.41, 5.74) is 3.45. The molecule has 0 radical (unpaired) electrons. The first-order valence-electron chi connectivity index (χ1n) is 11.9. The van der Waals surface area contributed by atoms with Gasteiger partial charge in [0.2, 0.25) is 0 Å². The number of halogens is 1. The number of piperazine rings is 1. The molecule has 4 heterocycles. The van der Waals surface area contributed by atoms with Crippen molar-refractivity contribution in [3.8, 4) is 11.1 Å². The molecule has 2 N–H and O–H groups in total. The van der Waals surface area contributed by atoms with Gasteiger partial charge < -0.3 is 20.2 Å². The van der Waals surface area contributed by atoms with Crippen LogP contribution in [-0.2, 0) is 13.1 Å². The van der Waals surface area contributed by atoms with E-state index in [4.69, 9.17) is 16.6 Å². The zero-order valence-electron chi connectivity index (χ0n) is 20.3. The molecular weight excluding hydrogens is 480 g/mol. The zero-order chi connectivity index (χ0) is 25.2. The van der Waals surface area contributed by atoms with Gasteiger partial charge in [0.05, 0.1) is 25.5 Å². The number of carbonyl (C=O) groups excluding carboxylic acids is 1. The van der Waals surface area contributed by atoms with Crippen LogP contribution in [0, 0.1) is 0 Å². The molecular formula is C25H29ClN8O2. The molecule has 0 bridgehead atoms. The van der Waals surface area contributed by atoms with E-state index in [1.54, 1.807) is 33.7 Å². The van der Waals surface area contributed by atoms with Crippen molar-refractivity contribution in [2.45, 2.75) is 26.1 Å². The van der Waals surface area contributed by atoms with Gasteiger partial charge in [-0.15, -0.1) is 0 Å². The normalized spacial score (nSPS) is 16.6. The fourth-order valence-corrected chi connectivity index (χ4v) is 4.68. The number of amides is 1. The number of aliphatic hydroxyl groups is 1. The highest BCUT2D eigenvalue weighted by molar-refractivity contribution is 6.30. The molecule has 1 aliphatic rings. The van der Waals surface area contributed by atoms with Crippen molar-refractivity contribution in [3.05, 3.63) is 65.2 Å². The van der Waals surface area contributed by atoms with Crippen LogP contribution in [0.25, 0.3) is 16.8 Å². The van der Waals surface area contributed by atoms with Gasteiger partial charge in [0.15, 0.2) is 5.65 Å². The Kier molecular flexibility index (Phi) is 6.90. The first-order chi connectivity index (χ1) is 17.4. The van der Waals surface area contributed by atoms with E-state index in [2.05, 4.69) is 39.3 Å². The van der Waals surface area contributed by atoms with Crippen molar-refractivity contribution in [3.63, 3.8) is 0 Å². The maximum absolute atomic E-state index is 13.3. The summed E-state index contributed by atoms with van der Waals surface area (Å²) in [5.74, 6) is 0.560. The molecule has 1 amide bonds. The molecule has 1 fully saturated rings. The number of carbonyl (C=O) groups is 1. The summed E-state index contributed by atoms with van der Waals surface area (Å²) in [5, 5.41) is 21.8. The van der Waals surface area contributed by atoms with Gasteiger partial charge in [-0.2, -0.15) is 14.7 Å². The van der Waals surface area contributed by atoms with Crippen LogP contribution in [0.15, 0.2) is 48.9 Å². The summed E-state index contributed by atoms with van der Waals surface area (Å²) in [4.78, 5) is 22.6. The lowest BCUT2D eigenvalue weighted by atomic mass is 10.1. The highest BCUT2D eigenvalue weighted by Crippen LogP contribution is 2.28. The van der Waals surface area contributed by atoms with Gasteiger partial charge in [0.1, 0.15) is 11.5 Å².